The number of benzene rings is 1. The van der Waals surface area contributed by atoms with Gasteiger partial charge >= 0.3 is 6.36 Å². The Labute approximate surface area is 161 Å². The Bertz CT molecular complexity index is 726. The van der Waals surface area contributed by atoms with E-state index in [1.807, 2.05) is 0 Å². The number of amides is 2. The molecule has 3 N–H and O–H groups in total. The summed E-state index contributed by atoms with van der Waals surface area (Å²) in [7, 11) is 0. The number of halogens is 3. The first-order valence-electron chi connectivity index (χ1n) is 9.41. The van der Waals surface area contributed by atoms with E-state index < -0.39 is 6.36 Å². The summed E-state index contributed by atoms with van der Waals surface area (Å²) in [4.78, 5) is 26.6. The van der Waals surface area contributed by atoms with Crippen LogP contribution in [0.1, 0.15) is 30.7 Å². The molecule has 9 heteroatoms. The summed E-state index contributed by atoms with van der Waals surface area (Å²) >= 11 is 0. The van der Waals surface area contributed by atoms with Crippen molar-refractivity contribution in [3.8, 4) is 5.75 Å². The number of nitrogens with one attached hydrogen (secondary N) is 1. The SMILES string of the molecule is NCCNC(=O)C1CCCN(C(=O)C2CC2c2ccccc2OC(F)(F)F)C1. The van der Waals surface area contributed by atoms with Gasteiger partial charge in [0.1, 0.15) is 5.75 Å². The molecule has 1 aliphatic heterocycles. The molecule has 0 bridgehead atoms. The summed E-state index contributed by atoms with van der Waals surface area (Å²) in [5.74, 6) is -1.42. The molecule has 1 heterocycles. The lowest BCUT2D eigenvalue weighted by molar-refractivity contribution is -0.274. The van der Waals surface area contributed by atoms with E-state index in [9.17, 15) is 22.8 Å². The van der Waals surface area contributed by atoms with Crippen LogP contribution in [0, 0.1) is 11.8 Å². The Hall–Kier alpha value is -2.29. The maximum atomic E-state index is 12.8. The first-order chi connectivity index (χ1) is 13.3. The average molecular weight is 399 g/mol. The van der Waals surface area contributed by atoms with E-state index in [1.54, 1.807) is 17.0 Å². The molecule has 3 atom stereocenters. The second kappa shape index (κ2) is 8.38. The second-order valence-corrected chi connectivity index (χ2v) is 7.24. The third-order valence-electron chi connectivity index (χ3n) is 5.20. The van der Waals surface area contributed by atoms with E-state index in [4.69, 9.17) is 5.73 Å². The lowest BCUT2D eigenvalue weighted by atomic mass is 9.96. The van der Waals surface area contributed by atoms with Crippen molar-refractivity contribution in [2.24, 2.45) is 17.6 Å². The molecule has 6 nitrogen and oxygen atoms in total. The minimum absolute atomic E-state index is 0.108. The van der Waals surface area contributed by atoms with Gasteiger partial charge in [-0.1, -0.05) is 18.2 Å². The Balaban J connectivity index is 1.62. The number of nitrogens with two attached hydrogens (primary N) is 1. The molecule has 0 radical (unpaired) electrons. The normalized spacial score (nSPS) is 24.6. The first kappa shape index (κ1) is 20.4. The fourth-order valence-electron chi connectivity index (χ4n) is 3.78. The Morgan fingerprint density at radius 1 is 1.29 bits per heavy atom. The van der Waals surface area contributed by atoms with Crippen molar-refractivity contribution in [1.29, 1.82) is 0 Å². The van der Waals surface area contributed by atoms with E-state index >= 15 is 0 Å². The monoisotopic (exact) mass is 399 g/mol. The molecule has 3 rings (SSSR count). The summed E-state index contributed by atoms with van der Waals surface area (Å²) < 4.78 is 42.0. The molecule has 3 unspecified atom stereocenters. The Morgan fingerprint density at radius 2 is 2.04 bits per heavy atom. The van der Waals surface area contributed by atoms with Crippen LogP contribution in [0.3, 0.4) is 0 Å². The number of nitrogens with zero attached hydrogens (tertiary/aromatic N) is 1. The fraction of sp³-hybridized carbons (Fsp3) is 0.579. The van der Waals surface area contributed by atoms with Crippen molar-refractivity contribution in [3.05, 3.63) is 29.8 Å². The first-order valence-corrected chi connectivity index (χ1v) is 9.41. The van der Waals surface area contributed by atoms with Gasteiger partial charge in [-0.05, 0) is 36.8 Å². The minimum atomic E-state index is -4.78. The Kier molecular flexibility index (Phi) is 6.12. The molecule has 2 fully saturated rings. The number of carbonyl (C=O) groups is 2. The topological polar surface area (TPSA) is 84.7 Å². The van der Waals surface area contributed by atoms with Gasteiger partial charge in [-0.3, -0.25) is 9.59 Å². The van der Waals surface area contributed by atoms with Crippen LogP contribution in [-0.4, -0.2) is 49.3 Å². The number of rotatable bonds is 6. The van der Waals surface area contributed by atoms with E-state index in [-0.39, 0.29) is 35.3 Å². The molecule has 0 aromatic heterocycles. The summed E-state index contributed by atoms with van der Waals surface area (Å²) in [6.45, 7) is 1.64. The number of ether oxygens (including phenoxy) is 1. The molecule has 1 saturated carbocycles. The maximum absolute atomic E-state index is 12.8. The van der Waals surface area contributed by atoms with E-state index in [0.717, 1.165) is 6.42 Å². The van der Waals surface area contributed by atoms with Crippen molar-refractivity contribution in [3.63, 3.8) is 0 Å². The summed E-state index contributed by atoms with van der Waals surface area (Å²) in [6, 6.07) is 5.94. The lowest BCUT2D eigenvalue weighted by Gasteiger charge is -2.32. The van der Waals surface area contributed by atoms with E-state index in [2.05, 4.69) is 10.1 Å². The van der Waals surface area contributed by atoms with Gasteiger partial charge in [0.25, 0.3) is 0 Å². The number of hydrogen-bond acceptors (Lipinski definition) is 4. The molecule has 0 spiro atoms. The van der Waals surface area contributed by atoms with Crippen LogP contribution in [0.2, 0.25) is 0 Å². The molecular formula is C19H24F3N3O3. The minimum Gasteiger partial charge on any atom is -0.405 e. The van der Waals surface area contributed by atoms with Crippen LogP contribution in [0.15, 0.2) is 24.3 Å². The number of likely N-dealkylation sites (tertiary alicyclic amines) is 1. The average Bonchev–Trinajstić information content (AvgIpc) is 3.45. The summed E-state index contributed by atoms with van der Waals surface area (Å²) in [5.41, 5.74) is 5.79. The summed E-state index contributed by atoms with van der Waals surface area (Å²) in [5, 5.41) is 2.75. The molecule has 154 valence electrons. The van der Waals surface area contributed by atoms with Crippen molar-refractivity contribution >= 4 is 11.8 Å². The third-order valence-corrected chi connectivity index (χ3v) is 5.20. The highest BCUT2D eigenvalue weighted by atomic mass is 19.4. The summed E-state index contributed by atoms with van der Waals surface area (Å²) in [6.07, 6.45) is -2.87. The number of alkyl halides is 3. The van der Waals surface area contributed by atoms with Gasteiger partial charge in [-0.25, -0.2) is 0 Å². The smallest absolute Gasteiger partial charge is 0.405 e. The van der Waals surface area contributed by atoms with Gasteiger partial charge in [0, 0.05) is 32.1 Å². The zero-order valence-corrected chi connectivity index (χ0v) is 15.4. The number of para-hydroxylation sites is 1. The molecule has 2 aliphatic rings. The zero-order chi connectivity index (χ0) is 20.3. The standard InChI is InChI=1S/C19H24F3N3O3/c20-19(21,22)28-16-6-2-1-5-13(16)14-10-15(14)18(27)25-9-3-4-12(11-25)17(26)24-8-7-23/h1-2,5-6,12,14-15H,3-4,7-11,23H2,(H,24,26). The van der Waals surface area contributed by atoms with Crippen molar-refractivity contribution < 1.29 is 27.5 Å². The second-order valence-electron chi connectivity index (χ2n) is 7.24. The Morgan fingerprint density at radius 3 is 2.75 bits per heavy atom. The third kappa shape index (κ3) is 4.95. The van der Waals surface area contributed by atoms with Crippen LogP contribution in [0.5, 0.6) is 5.75 Å². The number of carbonyl (C=O) groups excluding carboxylic acids is 2. The van der Waals surface area contributed by atoms with Crippen LogP contribution in [-0.2, 0) is 9.59 Å². The van der Waals surface area contributed by atoms with Gasteiger partial charge < -0.3 is 20.7 Å². The number of hydrogen-bond donors (Lipinski definition) is 2. The molecule has 1 aromatic carbocycles. The van der Waals surface area contributed by atoms with E-state index in [1.165, 1.54) is 12.1 Å². The maximum Gasteiger partial charge on any atom is 0.573 e. The van der Waals surface area contributed by atoms with Crippen molar-refractivity contribution in [2.75, 3.05) is 26.2 Å². The van der Waals surface area contributed by atoms with Crippen LogP contribution >= 0.6 is 0 Å². The molecule has 28 heavy (non-hydrogen) atoms. The van der Waals surface area contributed by atoms with Gasteiger partial charge in [0.2, 0.25) is 11.8 Å². The van der Waals surface area contributed by atoms with Crippen LogP contribution in [0.4, 0.5) is 13.2 Å². The molecule has 1 aliphatic carbocycles. The highest BCUT2D eigenvalue weighted by molar-refractivity contribution is 5.85. The highest BCUT2D eigenvalue weighted by Gasteiger charge is 2.48. The van der Waals surface area contributed by atoms with Gasteiger partial charge in [-0.15, -0.1) is 13.2 Å². The van der Waals surface area contributed by atoms with E-state index in [0.29, 0.717) is 44.6 Å². The van der Waals surface area contributed by atoms with Gasteiger partial charge in [0.15, 0.2) is 0 Å². The predicted octanol–water partition coefficient (Wildman–Crippen LogP) is 2.00. The number of piperidine rings is 1. The molecule has 2 amide bonds. The van der Waals surface area contributed by atoms with Gasteiger partial charge in [-0.2, -0.15) is 0 Å². The highest BCUT2D eigenvalue weighted by Crippen LogP contribution is 2.52. The molecule has 1 saturated heterocycles. The van der Waals surface area contributed by atoms with Crippen LogP contribution in [0.25, 0.3) is 0 Å². The lowest BCUT2D eigenvalue weighted by Crippen LogP contribution is -2.46. The zero-order valence-electron chi connectivity index (χ0n) is 15.4. The largest absolute Gasteiger partial charge is 0.573 e. The fourth-order valence-corrected chi connectivity index (χ4v) is 3.78. The van der Waals surface area contributed by atoms with Crippen molar-refractivity contribution in [2.45, 2.75) is 31.5 Å². The molecule has 1 aromatic rings. The molecular weight excluding hydrogens is 375 g/mol. The predicted molar refractivity (Wildman–Crippen MR) is 95.3 cm³/mol. The van der Waals surface area contributed by atoms with Gasteiger partial charge in [0.05, 0.1) is 5.92 Å². The quantitative estimate of drug-likeness (QED) is 0.766. The van der Waals surface area contributed by atoms with Crippen LogP contribution < -0.4 is 15.8 Å². The van der Waals surface area contributed by atoms with Crippen molar-refractivity contribution in [1.82, 2.24) is 10.2 Å².